The zero-order valence-corrected chi connectivity index (χ0v) is 20.6. The standard InChI is InChI=1S/C26H29ClFN5O/c1-15(29)6-5-7-18-13-20(27)22(28)23(30-18)21-12-16-14-33(25(34)32-24(16)31-21)19-10-8-17(9-11-19)26(2,3)4/h8-15H,5-7,29H2,1-4H3,(H,31,32,34)/t15-/m0/s1. The molecule has 0 radical (unpaired) electrons. The Morgan fingerprint density at radius 3 is 2.53 bits per heavy atom. The Labute approximate surface area is 203 Å². The van der Waals surface area contributed by atoms with Crippen LogP contribution in [0.15, 0.2) is 47.4 Å². The van der Waals surface area contributed by atoms with E-state index in [0.717, 1.165) is 12.8 Å². The molecule has 4 aromatic rings. The monoisotopic (exact) mass is 481 g/mol. The lowest BCUT2D eigenvalue weighted by Gasteiger charge is -2.19. The van der Waals surface area contributed by atoms with Crippen molar-refractivity contribution < 1.29 is 4.39 Å². The van der Waals surface area contributed by atoms with E-state index in [4.69, 9.17) is 17.3 Å². The zero-order valence-electron chi connectivity index (χ0n) is 19.8. The summed E-state index contributed by atoms with van der Waals surface area (Å²) in [6, 6.07) is 11.2. The van der Waals surface area contributed by atoms with Crippen molar-refractivity contribution in [3.05, 3.63) is 75.2 Å². The number of benzene rings is 1. The van der Waals surface area contributed by atoms with Crippen LogP contribution in [0.4, 0.5) is 4.39 Å². The highest BCUT2D eigenvalue weighted by Gasteiger charge is 2.17. The summed E-state index contributed by atoms with van der Waals surface area (Å²) in [5.74, 6) is -0.614. The Morgan fingerprint density at radius 1 is 1.18 bits per heavy atom. The van der Waals surface area contributed by atoms with Crippen molar-refractivity contribution in [1.29, 1.82) is 0 Å². The Morgan fingerprint density at radius 2 is 1.88 bits per heavy atom. The van der Waals surface area contributed by atoms with E-state index < -0.39 is 11.5 Å². The molecule has 0 aliphatic rings. The second kappa shape index (κ2) is 9.31. The molecule has 34 heavy (non-hydrogen) atoms. The molecule has 0 saturated carbocycles. The van der Waals surface area contributed by atoms with Gasteiger partial charge in [-0.3, -0.25) is 4.57 Å². The summed E-state index contributed by atoms with van der Waals surface area (Å²) in [6.07, 6.45) is 4.00. The van der Waals surface area contributed by atoms with Crippen LogP contribution in [0.3, 0.4) is 0 Å². The number of hydrogen-bond donors (Lipinski definition) is 2. The fraction of sp³-hybridized carbons (Fsp3) is 0.346. The average molecular weight is 482 g/mol. The molecule has 0 unspecified atom stereocenters. The van der Waals surface area contributed by atoms with Gasteiger partial charge in [0.05, 0.1) is 16.4 Å². The third-order valence-corrected chi connectivity index (χ3v) is 6.11. The highest BCUT2D eigenvalue weighted by atomic mass is 35.5. The molecule has 0 bridgehead atoms. The van der Waals surface area contributed by atoms with E-state index in [1.807, 2.05) is 31.2 Å². The van der Waals surface area contributed by atoms with Gasteiger partial charge in [0, 0.05) is 23.3 Å². The molecule has 0 amide bonds. The number of H-pyrrole nitrogens is 1. The summed E-state index contributed by atoms with van der Waals surface area (Å²) in [4.78, 5) is 24.4. The third-order valence-electron chi connectivity index (χ3n) is 5.83. The maximum absolute atomic E-state index is 14.9. The van der Waals surface area contributed by atoms with Crippen LogP contribution in [-0.2, 0) is 11.8 Å². The van der Waals surface area contributed by atoms with Gasteiger partial charge in [-0.1, -0.05) is 44.5 Å². The molecule has 0 aliphatic carbocycles. The van der Waals surface area contributed by atoms with E-state index in [9.17, 15) is 9.18 Å². The molecule has 3 aromatic heterocycles. The molecule has 0 aliphatic heterocycles. The minimum absolute atomic E-state index is 0.00549. The van der Waals surface area contributed by atoms with E-state index in [0.29, 0.717) is 34.5 Å². The van der Waals surface area contributed by atoms with Crippen LogP contribution < -0.4 is 11.4 Å². The molecule has 6 nitrogen and oxygen atoms in total. The highest BCUT2D eigenvalue weighted by Crippen LogP contribution is 2.29. The number of nitrogens with zero attached hydrogens (tertiary/aromatic N) is 3. The third kappa shape index (κ3) is 5.05. The van der Waals surface area contributed by atoms with Crippen molar-refractivity contribution in [2.45, 2.75) is 58.4 Å². The second-order valence-electron chi connectivity index (χ2n) is 9.80. The summed E-state index contributed by atoms with van der Waals surface area (Å²) < 4.78 is 16.4. The van der Waals surface area contributed by atoms with E-state index in [1.165, 1.54) is 10.1 Å². The largest absolute Gasteiger partial charge is 0.354 e. The summed E-state index contributed by atoms with van der Waals surface area (Å²) in [5, 5.41) is 0.667. The van der Waals surface area contributed by atoms with Crippen LogP contribution in [0.2, 0.25) is 5.02 Å². The molecule has 0 saturated heterocycles. The number of aromatic amines is 1. The zero-order chi connectivity index (χ0) is 24.6. The first-order valence-electron chi connectivity index (χ1n) is 11.4. The summed E-state index contributed by atoms with van der Waals surface area (Å²) >= 11 is 6.16. The predicted molar refractivity (Wildman–Crippen MR) is 135 cm³/mol. The van der Waals surface area contributed by atoms with Gasteiger partial charge in [-0.25, -0.2) is 14.2 Å². The van der Waals surface area contributed by atoms with E-state index in [1.54, 1.807) is 18.3 Å². The lowest BCUT2D eigenvalue weighted by Crippen LogP contribution is -2.20. The van der Waals surface area contributed by atoms with Gasteiger partial charge in [0.1, 0.15) is 11.3 Å². The molecule has 1 atom stereocenters. The first kappa shape index (κ1) is 24.1. The van der Waals surface area contributed by atoms with Crippen molar-refractivity contribution in [3.63, 3.8) is 0 Å². The molecule has 1 aromatic carbocycles. The van der Waals surface area contributed by atoms with Crippen molar-refractivity contribution in [3.8, 4) is 17.1 Å². The Kier molecular flexibility index (Phi) is 6.60. The molecular formula is C26H29ClFN5O. The van der Waals surface area contributed by atoms with Crippen LogP contribution in [0.1, 0.15) is 51.8 Å². The number of rotatable bonds is 6. The molecule has 3 N–H and O–H groups in total. The van der Waals surface area contributed by atoms with Gasteiger partial charge in [-0.2, -0.15) is 4.98 Å². The minimum Gasteiger partial charge on any atom is -0.338 e. The minimum atomic E-state index is -0.614. The number of nitrogens with two attached hydrogens (primary N) is 1. The molecule has 178 valence electrons. The van der Waals surface area contributed by atoms with Gasteiger partial charge < -0.3 is 10.7 Å². The number of fused-ring (bicyclic) bond motifs is 1. The topological polar surface area (TPSA) is 89.6 Å². The van der Waals surface area contributed by atoms with Crippen molar-refractivity contribution >= 4 is 22.6 Å². The van der Waals surface area contributed by atoms with Gasteiger partial charge in [0.15, 0.2) is 5.82 Å². The number of halogens is 2. The van der Waals surface area contributed by atoms with Crippen LogP contribution in [0.5, 0.6) is 0 Å². The maximum Gasteiger partial charge on any atom is 0.354 e. The van der Waals surface area contributed by atoms with Gasteiger partial charge in [0.2, 0.25) is 0 Å². The predicted octanol–water partition coefficient (Wildman–Crippen LogP) is 5.54. The molecule has 8 heteroatoms. The van der Waals surface area contributed by atoms with E-state index in [2.05, 4.69) is 35.7 Å². The molecule has 0 fully saturated rings. The van der Waals surface area contributed by atoms with Crippen molar-refractivity contribution in [2.24, 2.45) is 5.73 Å². The normalized spacial score (nSPS) is 12.9. The number of aromatic nitrogens is 4. The van der Waals surface area contributed by atoms with Gasteiger partial charge in [-0.15, -0.1) is 0 Å². The number of pyridine rings is 1. The lowest BCUT2D eigenvalue weighted by molar-refractivity contribution is 0.590. The first-order chi connectivity index (χ1) is 16.0. The molecular weight excluding hydrogens is 453 g/mol. The van der Waals surface area contributed by atoms with Crippen LogP contribution in [0.25, 0.3) is 28.1 Å². The van der Waals surface area contributed by atoms with Crippen LogP contribution in [-0.4, -0.2) is 25.6 Å². The fourth-order valence-corrected chi connectivity index (χ4v) is 4.10. The highest BCUT2D eigenvalue weighted by molar-refractivity contribution is 6.31. The molecule has 0 spiro atoms. The quantitative estimate of drug-likeness (QED) is 0.378. The van der Waals surface area contributed by atoms with Crippen LogP contribution in [0, 0.1) is 5.82 Å². The maximum atomic E-state index is 14.9. The number of hydrogen-bond acceptors (Lipinski definition) is 4. The first-order valence-corrected chi connectivity index (χ1v) is 11.7. The van der Waals surface area contributed by atoms with Gasteiger partial charge in [0.25, 0.3) is 0 Å². The van der Waals surface area contributed by atoms with Gasteiger partial charge in [-0.05, 0) is 61.4 Å². The molecule has 4 rings (SSSR count). The number of aryl methyl sites for hydroxylation is 1. The Bertz CT molecular complexity index is 1380. The summed E-state index contributed by atoms with van der Waals surface area (Å²) in [5.41, 5.74) is 8.85. The molecule has 3 heterocycles. The second-order valence-corrected chi connectivity index (χ2v) is 10.2. The lowest BCUT2D eigenvalue weighted by atomic mass is 9.87. The van der Waals surface area contributed by atoms with E-state index >= 15 is 0 Å². The summed E-state index contributed by atoms with van der Waals surface area (Å²) in [6.45, 7) is 8.35. The van der Waals surface area contributed by atoms with E-state index in [-0.39, 0.29) is 22.2 Å². The van der Waals surface area contributed by atoms with Crippen LogP contribution >= 0.6 is 11.6 Å². The fourth-order valence-electron chi connectivity index (χ4n) is 3.89. The van der Waals surface area contributed by atoms with Gasteiger partial charge >= 0.3 is 5.69 Å². The van der Waals surface area contributed by atoms with Crippen molar-refractivity contribution in [1.82, 2.24) is 19.5 Å². The summed E-state index contributed by atoms with van der Waals surface area (Å²) in [7, 11) is 0. The smallest absolute Gasteiger partial charge is 0.338 e. The SMILES string of the molecule is C[C@H](N)CCCc1cc(Cl)c(F)c(-c2cc3cn(-c4ccc(C(C)(C)C)cc4)c(=O)nc3[nH]2)n1. The Balaban J connectivity index is 1.71. The number of nitrogens with one attached hydrogen (secondary N) is 1. The van der Waals surface area contributed by atoms with Crippen molar-refractivity contribution in [2.75, 3.05) is 0 Å². The Hall–Kier alpha value is -3.03. The average Bonchev–Trinajstić information content (AvgIpc) is 3.17.